The second-order valence-corrected chi connectivity index (χ2v) is 1.97. The van der Waals surface area contributed by atoms with Gasteiger partial charge in [0, 0.05) is 6.42 Å². The summed E-state index contributed by atoms with van der Waals surface area (Å²) in [6.45, 7) is 0. The smallest absolute Gasteiger partial charge is 0.148 e. The summed E-state index contributed by atoms with van der Waals surface area (Å²) in [6, 6.07) is 0. The zero-order chi connectivity index (χ0) is 4.20. The lowest BCUT2D eigenvalue weighted by Gasteiger charge is -1.62. The molecule has 1 nitrogen and oxygen atoms in total. The van der Waals surface area contributed by atoms with Gasteiger partial charge >= 0.3 is 0 Å². The van der Waals surface area contributed by atoms with Gasteiger partial charge in [-0.1, -0.05) is 12.2 Å². The Labute approximate surface area is 35.7 Å². The highest BCUT2D eigenvalue weighted by atomic mass is 16.1. The van der Waals surface area contributed by atoms with E-state index in [0.29, 0.717) is 5.78 Å². The fourth-order valence-corrected chi connectivity index (χ4v) is 0.626. The average molecular weight is 80.1 g/mol. The maximum atomic E-state index is 10.2. The maximum absolute atomic E-state index is 10.2. The molecule has 1 heteroatoms. The van der Waals surface area contributed by atoms with Crippen LogP contribution in [0.25, 0.3) is 0 Å². The summed E-state index contributed by atoms with van der Waals surface area (Å²) in [7, 11) is 0. The molecule has 0 aliphatic heterocycles. The predicted octanol–water partition coefficient (Wildman–Crippen LogP) is 0.515. The van der Waals surface area contributed by atoms with Gasteiger partial charge in [0.2, 0.25) is 0 Å². The second-order valence-electron chi connectivity index (χ2n) is 1.97. The molecular weight excluding hydrogens is 76.1 g/mol. The molecule has 1 fully saturated rings. The van der Waals surface area contributed by atoms with Gasteiger partial charge in [-0.15, -0.1) is 0 Å². The van der Waals surface area contributed by atoms with E-state index < -0.39 is 0 Å². The minimum atomic E-state index is 0.0694. The molecule has 1 saturated carbocycles. The summed E-state index contributed by atoms with van der Waals surface area (Å²) in [5.41, 5.74) is 0.0694. The molecule has 0 heterocycles. The summed E-state index contributed by atoms with van der Waals surface area (Å²) in [6.07, 6.45) is 4.73. The fourth-order valence-electron chi connectivity index (χ4n) is 0.626. The molecule has 0 saturated heterocycles. The standard InChI is InChI=1S/C5H4O/c6-4-3-5(4)1-2-5/h1-2H,3H2. The van der Waals surface area contributed by atoms with Crippen LogP contribution in [0.15, 0.2) is 12.2 Å². The van der Waals surface area contributed by atoms with E-state index >= 15 is 0 Å². The number of ketones is 1. The molecular formula is C5H4O. The van der Waals surface area contributed by atoms with Crippen LogP contribution in [0, 0.1) is 5.41 Å². The molecule has 2 aliphatic carbocycles. The number of Topliss-reactive ketones (excluding diaryl/α,β-unsaturated/α-hetero) is 1. The third kappa shape index (κ3) is 0.110. The van der Waals surface area contributed by atoms with E-state index in [0.717, 1.165) is 6.42 Å². The van der Waals surface area contributed by atoms with Crippen LogP contribution < -0.4 is 0 Å². The highest BCUT2D eigenvalue weighted by Gasteiger charge is 2.56. The van der Waals surface area contributed by atoms with E-state index in [-0.39, 0.29) is 5.41 Å². The molecule has 0 atom stereocenters. The number of rotatable bonds is 0. The monoisotopic (exact) mass is 80.0 g/mol. The Bertz CT molecular complexity index is 138. The van der Waals surface area contributed by atoms with Gasteiger partial charge in [0.1, 0.15) is 5.78 Å². The molecule has 6 heavy (non-hydrogen) atoms. The fraction of sp³-hybridized carbons (Fsp3) is 0.400. The van der Waals surface area contributed by atoms with Crippen LogP contribution in [0.4, 0.5) is 0 Å². The Morgan fingerprint density at radius 1 is 1.67 bits per heavy atom. The first-order chi connectivity index (χ1) is 2.83. The SMILES string of the molecule is O=C1CC12C=C2. The molecule has 0 amide bonds. The van der Waals surface area contributed by atoms with E-state index in [1.165, 1.54) is 0 Å². The van der Waals surface area contributed by atoms with Gasteiger partial charge in [0.05, 0.1) is 5.41 Å². The van der Waals surface area contributed by atoms with Crippen LogP contribution in [-0.2, 0) is 4.79 Å². The third-order valence-corrected chi connectivity index (χ3v) is 1.42. The Morgan fingerprint density at radius 3 is 2.17 bits per heavy atom. The minimum Gasteiger partial charge on any atom is -0.298 e. The van der Waals surface area contributed by atoms with E-state index in [1.54, 1.807) is 0 Å². The normalized spacial score (nSPS) is 31.7. The summed E-state index contributed by atoms with van der Waals surface area (Å²) in [4.78, 5) is 10.2. The van der Waals surface area contributed by atoms with Gasteiger partial charge in [-0.2, -0.15) is 0 Å². The van der Waals surface area contributed by atoms with Crippen molar-refractivity contribution in [1.29, 1.82) is 0 Å². The molecule has 0 aromatic carbocycles. The van der Waals surface area contributed by atoms with E-state index in [4.69, 9.17) is 0 Å². The molecule has 2 rings (SSSR count). The number of carbonyl (C=O) groups excluding carboxylic acids is 1. The van der Waals surface area contributed by atoms with Crippen molar-refractivity contribution < 1.29 is 4.79 Å². The highest BCUT2D eigenvalue weighted by molar-refractivity contribution is 6.08. The van der Waals surface area contributed by atoms with E-state index in [2.05, 4.69) is 0 Å². The minimum absolute atomic E-state index is 0.0694. The van der Waals surface area contributed by atoms with Crippen LogP contribution in [0.3, 0.4) is 0 Å². The first-order valence-electron chi connectivity index (χ1n) is 2.07. The number of hydrogen-bond donors (Lipinski definition) is 0. The van der Waals surface area contributed by atoms with E-state index in [9.17, 15) is 4.79 Å². The summed E-state index contributed by atoms with van der Waals surface area (Å²) >= 11 is 0. The molecule has 0 radical (unpaired) electrons. The second kappa shape index (κ2) is 0.394. The largest absolute Gasteiger partial charge is 0.298 e. The quantitative estimate of drug-likeness (QED) is 0.387. The van der Waals surface area contributed by atoms with Crippen molar-refractivity contribution in [1.82, 2.24) is 0 Å². The highest BCUT2D eigenvalue weighted by Crippen LogP contribution is 2.53. The summed E-state index contributed by atoms with van der Waals surface area (Å²) < 4.78 is 0. The Balaban J connectivity index is 2.40. The van der Waals surface area contributed by atoms with Crippen LogP contribution in [0.2, 0.25) is 0 Å². The average Bonchev–Trinajstić information content (AvgIpc) is 2.25. The van der Waals surface area contributed by atoms with Crippen molar-refractivity contribution in [3.63, 3.8) is 0 Å². The molecule has 0 bridgehead atoms. The van der Waals surface area contributed by atoms with Crippen molar-refractivity contribution in [2.24, 2.45) is 5.41 Å². The summed E-state index contributed by atoms with van der Waals surface area (Å²) in [5.74, 6) is 0.405. The zero-order valence-corrected chi connectivity index (χ0v) is 3.27. The van der Waals surface area contributed by atoms with Crippen molar-refractivity contribution in [2.75, 3.05) is 0 Å². The molecule has 0 N–H and O–H groups in total. The number of allylic oxidation sites excluding steroid dienone is 2. The van der Waals surface area contributed by atoms with Gasteiger partial charge < -0.3 is 0 Å². The van der Waals surface area contributed by atoms with Crippen molar-refractivity contribution >= 4 is 5.78 Å². The number of hydrogen-bond acceptors (Lipinski definition) is 1. The van der Waals surface area contributed by atoms with Crippen LogP contribution in [0.1, 0.15) is 6.42 Å². The van der Waals surface area contributed by atoms with E-state index in [1.807, 2.05) is 12.2 Å². The molecule has 30 valence electrons. The molecule has 2 aliphatic rings. The van der Waals surface area contributed by atoms with Crippen LogP contribution >= 0.6 is 0 Å². The van der Waals surface area contributed by atoms with Gasteiger partial charge in [-0.25, -0.2) is 0 Å². The van der Waals surface area contributed by atoms with Crippen LogP contribution in [-0.4, -0.2) is 5.78 Å². The van der Waals surface area contributed by atoms with Crippen molar-refractivity contribution in [3.8, 4) is 0 Å². The van der Waals surface area contributed by atoms with Gasteiger partial charge in [-0.05, 0) is 0 Å². The third-order valence-electron chi connectivity index (χ3n) is 1.42. The van der Waals surface area contributed by atoms with Crippen molar-refractivity contribution in [2.45, 2.75) is 6.42 Å². The van der Waals surface area contributed by atoms with Crippen LogP contribution in [0.5, 0.6) is 0 Å². The lowest BCUT2D eigenvalue weighted by molar-refractivity contribution is -0.111. The molecule has 0 aromatic rings. The number of carbonyl (C=O) groups is 1. The molecule has 0 unspecified atom stereocenters. The van der Waals surface area contributed by atoms with Gasteiger partial charge in [0.15, 0.2) is 0 Å². The zero-order valence-electron chi connectivity index (χ0n) is 3.27. The van der Waals surface area contributed by atoms with Gasteiger partial charge in [0.25, 0.3) is 0 Å². The van der Waals surface area contributed by atoms with Gasteiger partial charge in [-0.3, -0.25) is 4.79 Å². The summed E-state index contributed by atoms with van der Waals surface area (Å²) in [5, 5.41) is 0. The molecule has 1 spiro atoms. The molecule has 0 aromatic heterocycles. The first kappa shape index (κ1) is 2.56. The topological polar surface area (TPSA) is 17.1 Å². The Morgan fingerprint density at radius 2 is 2.17 bits per heavy atom. The van der Waals surface area contributed by atoms with Crippen molar-refractivity contribution in [3.05, 3.63) is 12.2 Å². The lowest BCUT2D eigenvalue weighted by Crippen LogP contribution is -1.70. The Hall–Kier alpha value is -0.590. The predicted molar refractivity (Wildman–Crippen MR) is 21.2 cm³/mol. The Kier molecular flexibility index (Phi) is 0.168. The lowest BCUT2D eigenvalue weighted by atomic mass is 10.4. The first-order valence-corrected chi connectivity index (χ1v) is 2.07. The maximum Gasteiger partial charge on any atom is 0.148 e.